The van der Waals surface area contributed by atoms with Crippen molar-refractivity contribution >= 4 is 43.5 Å². The maximum atomic E-state index is 12.1. The topological polar surface area (TPSA) is 38.3 Å². The van der Waals surface area contributed by atoms with Gasteiger partial charge in [-0.2, -0.15) is 0 Å². The third-order valence-electron chi connectivity index (χ3n) is 2.80. The minimum atomic E-state index is -0.0574. The predicted molar refractivity (Wildman–Crippen MR) is 91.8 cm³/mol. The van der Waals surface area contributed by atoms with Gasteiger partial charge in [0.1, 0.15) is 5.75 Å². The van der Waals surface area contributed by atoms with Gasteiger partial charge in [-0.05, 0) is 58.7 Å². The molecule has 0 unspecified atom stereocenters. The van der Waals surface area contributed by atoms with Crippen LogP contribution in [0.2, 0.25) is 0 Å². The van der Waals surface area contributed by atoms with Crippen molar-refractivity contribution in [2.75, 3.05) is 11.9 Å². The Morgan fingerprint density at radius 3 is 2.52 bits per heavy atom. The molecule has 1 amide bonds. The van der Waals surface area contributed by atoms with Gasteiger partial charge in [0.05, 0.1) is 18.7 Å². The molecule has 110 valence electrons. The molecule has 0 aliphatic carbocycles. The fraction of sp³-hybridized carbons (Fsp3) is 0.188. The number of hydrogen-bond donors (Lipinski definition) is 1. The number of amides is 1. The largest absolute Gasteiger partial charge is 0.494 e. The molecule has 2 aromatic carbocycles. The molecule has 0 aliphatic heterocycles. The Kier molecular flexibility index (Phi) is 5.82. The van der Waals surface area contributed by atoms with Gasteiger partial charge in [0.25, 0.3) is 0 Å². The van der Waals surface area contributed by atoms with Crippen molar-refractivity contribution in [2.45, 2.75) is 13.3 Å². The molecule has 1 N–H and O–H groups in total. The van der Waals surface area contributed by atoms with Crippen LogP contribution in [0.25, 0.3) is 0 Å². The number of carbonyl (C=O) groups is 1. The van der Waals surface area contributed by atoms with E-state index in [9.17, 15) is 4.79 Å². The highest BCUT2D eigenvalue weighted by atomic mass is 79.9. The third kappa shape index (κ3) is 4.86. The summed E-state index contributed by atoms with van der Waals surface area (Å²) < 4.78 is 7.15. The van der Waals surface area contributed by atoms with Gasteiger partial charge in [-0.25, -0.2) is 0 Å². The summed E-state index contributed by atoms with van der Waals surface area (Å²) in [6, 6.07) is 13.2. The van der Waals surface area contributed by atoms with Crippen molar-refractivity contribution in [1.29, 1.82) is 0 Å². The minimum Gasteiger partial charge on any atom is -0.494 e. The zero-order valence-electron chi connectivity index (χ0n) is 11.5. The highest BCUT2D eigenvalue weighted by Gasteiger charge is 2.07. The van der Waals surface area contributed by atoms with Gasteiger partial charge < -0.3 is 10.1 Å². The zero-order valence-corrected chi connectivity index (χ0v) is 14.7. The van der Waals surface area contributed by atoms with Gasteiger partial charge in [-0.1, -0.05) is 28.1 Å². The summed E-state index contributed by atoms with van der Waals surface area (Å²) in [6.07, 6.45) is 0.325. The molecule has 0 aliphatic rings. The summed E-state index contributed by atoms with van der Waals surface area (Å²) in [4.78, 5) is 12.1. The Bertz CT molecular complexity index is 627. The van der Waals surface area contributed by atoms with E-state index in [0.29, 0.717) is 13.0 Å². The summed E-state index contributed by atoms with van der Waals surface area (Å²) in [6.45, 7) is 2.58. The number of rotatable bonds is 5. The SMILES string of the molecule is CCOc1ccc(CC(=O)Nc2cc(Br)ccc2Br)cc1. The van der Waals surface area contributed by atoms with Gasteiger partial charge in [0, 0.05) is 8.95 Å². The number of hydrogen-bond acceptors (Lipinski definition) is 2. The van der Waals surface area contributed by atoms with Gasteiger partial charge in [-0.3, -0.25) is 4.79 Å². The lowest BCUT2D eigenvalue weighted by Crippen LogP contribution is -2.14. The van der Waals surface area contributed by atoms with Crippen LogP contribution in [0.4, 0.5) is 5.69 Å². The van der Waals surface area contributed by atoms with E-state index >= 15 is 0 Å². The van der Waals surface area contributed by atoms with Crippen LogP contribution < -0.4 is 10.1 Å². The molecule has 0 saturated heterocycles. The molecular formula is C16H15Br2NO2. The quantitative estimate of drug-likeness (QED) is 0.766. The van der Waals surface area contributed by atoms with Crippen molar-refractivity contribution in [2.24, 2.45) is 0 Å². The second-order valence-electron chi connectivity index (χ2n) is 4.43. The Morgan fingerprint density at radius 1 is 1.14 bits per heavy atom. The van der Waals surface area contributed by atoms with Gasteiger partial charge >= 0.3 is 0 Å². The smallest absolute Gasteiger partial charge is 0.228 e. The van der Waals surface area contributed by atoms with Crippen LogP contribution in [0.15, 0.2) is 51.4 Å². The third-order valence-corrected chi connectivity index (χ3v) is 3.99. The average Bonchev–Trinajstić information content (AvgIpc) is 2.45. The molecule has 2 aromatic rings. The number of nitrogens with one attached hydrogen (secondary N) is 1. The van der Waals surface area contributed by atoms with Crippen LogP contribution in [0.5, 0.6) is 5.75 Å². The van der Waals surface area contributed by atoms with Gasteiger partial charge in [0.15, 0.2) is 0 Å². The van der Waals surface area contributed by atoms with E-state index < -0.39 is 0 Å². The highest BCUT2D eigenvalue weighted by molar-refractivity contribution is 9.11. The van der Waals surface area contributed by atoms with Crippen LogP contribution in [0.3, 0.4) is 0 Å². The van der Waals surface area contributed by atoms with E-state index in [4.69, 9.17) is 4.74 Å². The van der Waals surface area contributed by atoms with Crippen LogP contribution in [0, 0.1) is 0 Å². The summed E-state index contributed by atoms with van der Waals surface area (Å²) >= 11 is 6.81. The van der Waals surface area contributed by atoms with Crippen molar-refractivity contribution in [3.8, 4) is 5.75 Å². The summed E-state index contributed by atoms with van der Waals surface area (Å²) in [7, 11) is 0. The summed E-state index contributed by atoms with van der Waals surface area (Å²) in [5, 5.41) is 2.89. The molecule has 0 spiro atoms. The van der Waals surface area contributed by atoms with Crippen LogP contribution in [-0.2, 0) is 11.2 Å². The molecule has 0 aromatic heterocycles. The van der Waals surface area contributed by atoms with Gasteiger partial charge in [-0.15, -0.1) is 0 Å². The molecule has 3 nitrogen and oxygen atoms in total. The fourth-order valence-corrected chi connectivity index (χ4v) is 2.55. The number of benzene rings is 2. The highest BCUT2D eigenvalue weighted by Crippen LogP contribution is 2.26. The summed E-state index contributed by atoms with van der Waals surface area (Å²) in [5.74, 6) is 0.759. The number of carbonyl (C=O) groups excluding carboxylic acids is 1. The first-order valence-electron chi connectivity index (χ1n) is 6.55. The molecule has 5 heteroatoms. The number of ether oxygens (including phenoxy) is 1. The normalized spacial score (nSPS) is 10.2. The zero-order chi connectivity index (χ0) is 15.2. The maximum Gasteiger partial charge on any atom is 0.228 e. The summed E-state index contributed by atoms with van der Waals surface area (Å²) in [5.41, 5.74) is 1.70. The molecule has 0 fully saturated rings. The minimum absolute atomic E-state index is 0.0574. The van der Waals surface area contributed by atoms with Crippen molar-refractivity contribution in [1.82, 2.24) is 0 Å². The van der Waals surface area contributed by atoms with Crippen molar-refractivity contribution < 1.29 is 9.53 Å². The number of halogens is 2. The molecule has 0 saturated carbocycles. The average molecular weight is 413 g/mol. The first-order valence-corrected chi connectivity index (χ1v) is 8.13. The van der Waals surface area contributed by atoms with Crippen LogP contribution in [-0.4, -0.2) is 12.5 Å². The Hall–Kier alpha value is -1.33. The first-order chi connectivity index (χ1) is 10.1. The van der Waals surface area contributed by atoms with E-state index in [-0.39, 0.29) is 5.91 Å². The second kappa shape index (κ2) is 7.61. The van der Waals surface area contributed by atoms with E-state index in [0.717, 1.165) is 25.9 Å². The first kappa shape index (κ1) is 16.0. The van der Waals surface area contributed by atoms with Crippen LogP contribution in [0.1, 0.15) is 12.5 Å². The Balaban J connectivity index is 1.99. The Labute approximate surface area is 141 Å². The number of anilines is 1. The second-order valence-corrected chi connectivity index (χ2v) is 6.20. The van der Waals surface area contributed by atoms with E-state index in [1.54, 1.807) is 0 Å². The standard InChI is InChI=1S/C16H15Br2NO2/c1-2-21-13-6-3-11(4-7-13)9-16(20)19-15-10-12(17)5-8-14(15)18/h3-8,10H,2,9H2,1H3,(H,19,20). The predicted octanol–water partition coefficient (Wildman–Crippen LogP) is 4.79. The van der Waals surface area contributed by atoms with Gasteiger partial charge in [0.2, 0.25) is 5.91 Å². The molecule has 0 atom stereocenters. The van der Waals surface area contributed by atoms with E-state index in [1.165, 1.54) is 0 Å². The lowest BCUT2D eigenvalue weighted by atomic mass is 10.1. The lowest BCUT2D eigenvalue weighted by molar-refractivity contribution is -0.115. The van der Waals surface area contributed by atoms with E-state index in [2.05, 4.69) is 37.2 Å². The van der Waals surface area contributed by atoms with E-state index in [1.807, 2.05) is 49.4 Å². The monoisotopic (exact) mass is 411 g/mol. The van der Waals surface area contributed by atoms with Crippen molar-refractivity contribution in [3.05, 3.63) is 57.0 Å². The molecule has 2 rings (SSSR count). The molecule has 0 bridgehead atoms. The lowest BCUT2D eigenvalue weighted by Gasteiger charge is -2.09. The fourth-order valence-electron chi connectivity index (χ4n) is 1.84. The molecule has 0 radical (unpaired) electrons. The maximum absolute atomic E-state index is 12.1. The molecule has 21 heavy (non-hydrogen) atoms. The van der Waals surface area contributed by atoms with Crippen LogP contribution >= 0.6 is 31.9 Å². The molecule has 0 heterocycles. The Morgan fingerprint density at radius 2 is 1.86 bits per heavy atom. The molecular weight excluding hydrogens is 398 g/mol. The van der Waals surface area contributed by atoms with Crippen molar-refractivity contribution in [3.63, 3.8) is 0 Å².